The molecule has 0 spiro atoms. The van der Waals surface area contributed by atoms with Gasteiger partial charge < -0.3 is 10.1 Å². The van der Waals surface area contributed by atoms with Crippen molar-refractivity contribution in [3.8, 4) is 0 Å². The van der Waals surface area contributed by atoms with Crippen LogP contribution in [0.1, 0.15) is 17.3 Å². The van der Waals surface area contributed by atoms with E-state index in [0.717, 1.165) is 15.7 Å². The van der Waals surface area contributed by atoms with Gasteiger partial charge in [0, 0.05) is 11.1 Å². The van der Waals surface area contributed by atoms with E-state index in [2.05, 4.69) is 5.32 Å². The SMILES string of the molecule is CCOC(=O)c1cccc(NC2=C(Cl)C(=O)N(c3cccc4ccccc34)C2=O)c1. The summed E-state index contributed by atoms with van der Waals surface area (Å²) in [5.74, 6) is -1.66. The minimum Gasteiger partial charge on any atom is -0.462 e. The molecular weight excluding hydrogens is 404 g/mol. The third kappa shape index (κ3) is 3.42. The van der Waals surface area contributed by atoms with Crippen molar-refractivity contribution >= 4 is 51.5 Å². The number of hydrogen-bond donors (Lipinski definition) is 1. The minimum absolute atomic E-state index is 0.0457. The molecule has 0 atom stereocenters. The van der Waals surface area contributed by atoms with Gasteiger partial charge in [-0.15, -0.1) is 0 Å². The Labute approximate surface area is 177 Å². The van der Waals surface area contributed by atoms with Crippen molar-refractivity contribution in [3.63, 3.8) is 0 Å². The highest BCUT2D eigenvalue weighted by Crippen LogP contribution is 2.34. The number of halogens is 1. The van der Waals surface area contributed by atoms with Gasteiger partial charge in [-0.05, 0) is 36.6 Å². The highest BCUT2D eigenvalue weighted by Gasteiger charge is 2.39. The molecule has 0 fully saturated rings. The largest absolute Gasteiger partial charge is 0.462 e. The first kappa shape index (κ1) is 19.7. The van der Waals surface area contributed by atoms with E-state index in [4.69, 9.17) is 16.3 Å². The van der Waals surface area contributed by atoms with Crippen LogP contribution in [0.2, 0.25) is 0 Å². The summed E-state index contributed by atoms with van der Waals surface area (Å²) in [6.45, 7) is 1.97. The molecule has 0 aliphatic carbocycles. The predicted octanol–water partition coefficient (Wildman–Crippen LogP) is 4.45. The Hall–Kier alpha value is -3.64. The first-order chi connectivity index (χ1) is 14.5. The minimum atomic E-state index is -0.609. The van der Waals surface area contributed by atoms with Gasteiger partial charge in [0.2, 0.25) is 0 Å². The molecule has 30 heavy (non-hydrogen) atoms. The molecule has 150 valence electrons. The lowest BCUT2D eigenvalue weighted by Crippen LogP contribution is -2.32. The first-order valence-corrected chi connectivity index (χ1v) is 9.69. The van der Waals surface area contributed by atoms with Crippen molar-refractivity contribution in [2.75, 3.05) is 16.8 Å². The summed E-state index contributed by atoms with van der Waals surface area (Å²) in [5.41, 5.74) is 1.17. The van der Waals surface area contributed by atoms with Crippen LogP contribution in [0.25, 0.3) is 10.8 Å². The highest BCUT2D eigenvalue weighted by molar-refractivity contribution is 6.53. The molecule has 4 rings (SSSR count). The lowest BCUT2D eigenvalue weighted by Gasteiger charge is -2.17. The molecule has 0 radical (unpaired) electrons. The number of imide groups is 1. The molecule has 7 heteroatoms. The molecule has 3 aromatic rings. The predicted molar refractivity (Wildman–Crippen MR) is 115 cm³/mol. The summed E-state index contributed by atoms with van der Waals surface area (Å²) in [4.78, 5) is 38.9. The van der Waals surface area contributed by atoms with E-state index < -0.39 is 17.8 Å². The number of rotatable bonds is 5. The second kappa shape index (κ2) is 8.00. The van der Waals surface area contributed by atoms with E-state index in [1.54, 1.807) is 37.3 Å². The number of fused-ring (bicyclic) bond motifs is 1. The van der Waals surface area contributed by atoms with Gasteiger partial charge in [0.05, 0.1) is 17.9 Å². The van der Waals surface area contributed by atoms with Crippen molar-refractivity contribution in [1.29, 1.82) is 0 Å². The maximum atomic E-state index is 13.1. The third-order valence-corrected chi connectivity index (χ3v) is 5.03. The molecule has 0 bridgehead atoms. The van der Waals surface area contributed by atoms with E-state index in [1.165, 1.54) is 6.07 Å². The van der Waals surface area contributed by atoms with Crippen LogP contribution >= 0.6 is 11.6 Å². The van der Waals surface area contributed by atoms with Crippen molar-refractivity contribution in [2.24, 2.45) is 0 Å². The molecule has 1 aliphatic rings. The van der Waals surface area contributed by atoms with Crippen LogP contribution in [0, 0.1) is 0 Å². The molecule has 2 amide bonds. The zero-order valence-electron chi connectivity index (χ0n) is 16.0. The van der Waals surface area contributed by atoms with E-state index in [0.29, 0.717) is 16.9 Å². The fourth-order valence-corrected chi connectivity index (χ4v) is 3.53. The van der Waals surface area contributed by atoms with Crippen LogP contribution < -0.4 is 10.2 Å². The summed E-state index contributed by atoms with van der Waals surface area (Å²) in [5, 5.41) is 4.33. The average molecular weight is 421 g/mol. The molecule has 3 aromatic carbocycles. The molecule has 1 aliphatic heterocycles. The Morgan fingerprint density at radius 1 is 1.00 bits per heavy atom. The monoisotopic (exact) mass is 420 g/mol. The second-order valence-corrected chi connectivity index (χ2v) is 6.94. The number of nitrogens with one attached hydrogen (secondary N) is 1. The fraction of sp³-hybridized carbons (Fsp3) is 0.0870. The second-order valence-electron chi connectivity index (χ2n) is 6.56. The summed E-state index contributed by atoms with van der Waals surface area (Å²) in [6, 6.07) is 19.3. The topological polar surface area (TPSA) is 75.7 Å². The Morgan fingerprint density at radius 2 is 1.73 bits per heavy atom. The molecule has 0 unspecified atom stereocenters. The van der Waals surface area contributed by atoms with Gasteiger partial charge in [0.15, 0.2) is 0 Å². The number of hydrogen-bond acceptors (Lipinski definition) is 5. The van der Waals surface area contributed by atoms with Crippen LogP contribution in [0.3, 0.4) is 0 Å². The maximum absolute atomic E-state index is 13.1. The van der Waals surface area contributed by atoms with Gasteiger partial charge in [-0.25, -0.2) is 9.69 Å². The average Bonchev–Trinajstić information content (AvgIpc) is 2.97. The van der Waals surface area contributed by atoms with E-state index in [-0.39, 0.29) is 17.3 Å². The number of anilines is 2. The standard InChI is InChI=1S/C23H17ClN2O4/c1-2-30-23(29)15-9-5-10-16(13-15)25-20-19(24)21(27)26(22(20)28)18-12-6-8-14-7-3-4-11-17(14)18/h3-13,25H,2H2,1H3. The highest BCUT2D eigenvalue weighted by atomic mass is 35.5. The summed E-state index contributed by atoms with van der Waals surface area (Å²) in [6.07, 6.45) is 0. The maximum Gasteiger partial charge on any atom is 0.338 e. The quantitative estimate of drug-likeness (QED) is 0.487. The van der Waals surface area contributed by atoms with E-state index in [9.17, 15) is 14.4 Å². The normalized spacial score (nSPS) is 13.9. The molecule has 0 aromatic heterocycles. The number of nitrogens with zero attached hydrogens (tertiary/aromatic N) is 1. The third-order valence-electron chi connectivity index (χ3n) is 4.68. The summed E-state index contributed by atoms with van der Waals surface area (Å²) in [7, 11) is 0. The number of amides is 2. The Balaban J connectivity index is 1.66. The Kier molecular flexibility index (Phi) is 5.25. The van der Waals surface area contributed by atoms with Crippen LogP contribution in [0.5, 0.6) is 0 Å². The van der Waals surface area contributed by atoms with Gasteiger partial charge in [-0.3, -0.25) is 9.59 Å². The van der Waals surface area contributed by atoms with Crippen LogP contribution in [0.4, 0.5) is 11.4 Å². The van der Waals surface area contributed by atoms with Gasteiger partial charge in [-0.2, -0.15) is 0 Å². The summed E-state index contributed by atoms with van der Waals surface area (Å²) >= 11 is 6.23. The summed E-state index contributed by atoms with van der Waals surface area (Å²) < 4.78 is 4.99. The Bertz CT molecular complexity index is 1210. The molecule has 0 saturated carbocycles. The van der Waals surface area contributed by atoms with E-state index >= 15 is 0 Å². The zero-order chi connectivity index (χ0) is 21.3. The lowest BCUT2D eigenvalue weighted by atomic mass is 10.1. The van der Waals surface area contributed by atoms with Crippen molar-refractivity contribution in [1.82, 2.24) is 0 Å². The smallest absolute Gasteiger partial charge is 0.338 e. The van der Waals surface area contributed by atoms with Gasteiger partial charge in [-0.1, -0.05) is 54.1 Å². The number of ether oxygens (including phenoxy) is 1. The molecule has 6 nitrogen and oxygen atoms in total. The molecular formula is C23H17ClN2O4. The van der Waals surface area contributed by atoms with Crippen molar-refractivity contribution < 1.29 is 19.1 Å². The van der Waals surface area contributed by atoms with E-state index in [1.807, 2.05) is 30.3 Å². The van der Waals surface area contributed by atoms with Gasteiger partial charge >= 0.3 is 5.97 Å². The van der Waals surface area contributed by atoms with Crippen molar-refractivity contribution in [2.45, 2.75) is 6.92 Å². The van der Waals surface area contributed by atoms with Gasteiger partial charge in [0.1, 0.15) is 10.7 Å². The lowest BCUT2D eigenvalue weighted by molar-refractivity contribution is -0.120. The molecule has 0 saturated heterocycles. The number of carbonyl (C=O) groups excluding carboxylic acids is 3. The number of carbonyl (C=O) groups is 3. The van der Waals surface area contributed by atoms with Crippen LogP contribution in [-0.2, 0) is 14.3 Å². The Morgan fingerprint density at radius 3 is 2.53 bits per heavy atom. The zero-order valence-corrected chi connectivity index (χ0v) is 16.8. The van der Waals surface area contributed by atoms with Crippen LogP contribution in [-0.4, -0.2) is 24.4 Å². The number of esters is 1. The van der Waals surface area contributed by atoms with Gasteiger partial charge in [0.25, 0.3) is 11.8 Å². The van der Waals surface area contributed by atoms with Crippen LogP contribution in [0.15, 0.2) is 77.5 Å². The first-order valence-electron chi connectivity index (χ1n) is 9.31. The van der Waals surface area contributed by atoms with Crippen molar-refractivity contribution in [3.05, 3.63) is 83.0 Å². The molecule has 1 N–H and O–H groups in total. The number of benzene rings is 3. The molecule has 1 heterocycles. The fourth-order valence-electron chi connectivity index (χ4n) is 3.32.